The molecule has 1 aliphatic carbocycles. The summed E-state index contributed by atoms with van der Waals surface area (Å²) in [4.78, 5) is -0.111. The van der Waals surface area contributed by atoms with Gasteiger partial charge in [0, 0.05) is 36.0 Å². The molecule has 1 spiro atoms. The topological polar surface area (TPSA) is 117 Å². The number of nitrogens with two attached hydrogens (primary N) is 1. The number of nitrogens with one attached hydrogen (secondary N) is 2. The summed E-state index contributed by atoms with van der Waals surface area (Å²) in [6.07, 6.45) is -1.29. The number of ether oxygens (including phenoxy) is 3. The van der Waals surface area contributed by atoms with E-state index in [0.29, 0.717) is 29.8 Å². The highest BCUT2D eigenvalue weighted by Crippen LogP contribution is 2.38. The van der Waals surface area contributed by atoms with Crippen LogP contribution < -0.4 is 20.5 Å². The van der Waals surface area contributed by atoms with E-state index in [4.69, 9.17) is 19.3 Å². The van der Waals surface area contributed by atoms with Crippen LogP contribution in [-0.2, 0) is 26.0 Å². The van der Waals surface area contributed by atoms with Crippen molar-refractivity contribution in [2.24, 2.45) is 5.14 Å². The van der Waals surface area contributed by atoms with Gasteiger partial charge < -0.3 is 29.4 Å². The van der Waals surface area contributed by atoms with Crippen molar-refractivity contribution in [3.8, 4) is 17.6 Å². The smallest absolute Gasteiger partial charge is 0.406 e. The Morgan fingerprint density at radius 3 is 2.51 bits per heavy atom. The summed E-state index contributed by atoms with van der Waals surface area (Å²) in [5.41, 5.74) is 1.86. The zero-order valence-electron chi connectivity index (χ0n) is 22.4. The van der Waals surface area contributed by atoms with Crippen molar-refractivity contribution >= 4 is 32.3 Å². The predicted octanol–water partition coefficient (Wildman–Crippen LogP) is 4.42. The highest BCUT2D eigenvalue weighted by Gasteiger charge is 2.40. The second kappa shape index (κ2) is 11.4. The van der Waals surface area contributed by atoms with E-state index >= 15 is 0 Å². The quantitative estimate of drug-likeness (QED) is 0.348. The maximum Gasteiger partial charge on any atom is 0.406 e. The summed E-state index contributed by atoms with van der Waals surface area (Å²) in [6.45, 7) is 0.0857. The van der Waals surface area contributed by atoms with Gasteiger partial charge in [0.15, 0.2) is 5.79 Å². The molecule has 0 radical (unpaired) electrons. The number of fused-ring (bicyclic) bond motifs is 1. The minimum absolute atomic E-state index is 0.0672. The first-order valence-corrected chi connectivity index (χ1v) is 14.7. The summed E-state index contributed by atoms with van der Waals surface area (Å²) in [6, 6.07) is 11.2. The Labute approximate surface area is 236 Å². The summed E-state index contributed by atoms with van der Waals surface area (Å²) in [7, 11) is -2.53. The molecule has 5 rings (SSSR count). The van der Waals surface area contributed by atoms with Crippen molar-refractivity contribution in [1.29, 1.82) is 0 Å². The van der Waals surface area contributed by atoms with Crippen LogP contribution in [0.2, 0.25) is 0 Å². The van der Waals surface area contributed by atoms with E-state index < -0.39 is 28.5 Å². The fourth-order valence-corrected chi connectivity index (χ4v) is 5.87. The zero-order valence-corrected chi connectivity index (χ0v) is 23.2. The molecule has 2 aromatic carbocycles. The van der Waals surface area contributed by atoms with Crippen LogP contribution >= 0.6 is 0 Å². The Hall–Kier alpha value is -3.44. The number of hydrogen-bond donors (Lipinski definition) is 3. The molecule has 220 valence electrons. The van der Waals surface area contributed by atoms with Crippen LogP contribution in [0.4, 0.5) is 24.5 Å². The lowest BCUT2D eigenvalue weighted by Gasteiger charge is -2.36. The predicted molar refractivity (Wildman–Crippen MR) is 148 cm³/mol. The highest BCUT2D eigenvalue weighted by atomic mass is 32.2. The van der Waals surface area contributed by atoms with Crippen LogP contribution in [0.5, 0.6) is 5.75 Å². The molecule has 2 fully saturated rings. The van der Waals surface area contributed by atoms with Gasteiger partial charge >= 0.3 is 6.18 Å². The van der Waals surface area contributed by atoms with Crippen LogP contribution in [0, 0.1) is 11.8 Å². The first kappa shape index (κ1) is 29.1. The van der Waals surface area contributed by atoms with Crippen LogP contribution in [0.1, 0.15) is 31.4 Å². The lowest BCUT2D eigenvalue weighted by molar-refractivity contribution is -0.177. The molecule has 0 bridgehead atoms. The van der Waals surface area contributed by atoms with Gasteiger partial charge in [-0.1, -0.05) is 12.0 Å². The van der Waals surface area contributed by atoms with Crippen molar-refractivity contribution in [3.05, 3.63) is 48.2 Å². The SMILES string of the molecule is COc1cc(S(N)(=O)=O)ccc1NCC#Cc1cc2c(NC3CCC4(CC3)OCCO4)cccc2n1CC(F)(F)F. The normalized spacial score (nSPS) is 17.4. The lowest BCUT2D eigenvalue weighted by Crippen LogP contribution is -2.39. The number of rotatable bonds is 7. The number of hydrogen-bond acceptors (Lipinski definition) is 7. The van der Waals surface area contributed by atoms with Gasteiger partial charge in [0.05, 0.1) is 48.7 Å². The van der Waals surface area contributed by atoms with Crippen LogP contribution in [0.15, 0.2) is 47.4 Å². The molecule has 1 aromatic heterocycles. The monoisotopic (exact) mass is 592 g/mol. The largest absolute Gasteiger partial charge is 0.495 e. The van der Waals surface area contributed by atoms with E-state index in [9.17, 15) is 21.6 Å². The number of alkyl halides is 3. The van der Waals surface area contributed by atoms with Crippen LogP contribution in [0.3, 0.4) is 0 Å². The van der Waals surface area contributed by atoms with E-state index in [2.05, 4.69) is 22.5 Å². The minimum atomic E-state index is -4.44. The van der Waals surface area contributed by atoms with Crippen molar-refractivity contribution in [1.82, 2.24) is 4.57 Å². The minimum Gasteiger partial charge on any atom is -0.495 e. The van der Waals surface area contributed by atoms with Gasteiger partial charge in [-0.05, 0) is 49.1 Å². The molecule has 0 amide bonds. The molecule has 3 aromatic rings. The first-order valence-electron chi connectivity index (χ1n) is 13.1. The third kappa shape index (κ3) is 6.73. The average molecular weight is 593 g/mol. The number of sulfonamides is 1. The van der Waals surface area contributed by atoms with Gasteiger partial charge in [0.1, 0.15) is 12.3 Å². The molecule has 4 N–H and O–H groups in total. The standard InChI is InChI=1S/C28H31F3N4O5S/c1-38-26-17-21(41(32,36)37)7-8-24(26)33-13-3-4-20-16-22-23(5-2-6-25(22)35(20)18-28(29,30)31)34-19-9-11-27(12-10-19)39-14-15-40-27/h2,5-8,16-17,19,33-34H,9-15,18H2,1H3,(H2,32,36,37). The third-order valence-corrected chi connectivity index (χ3v) is 8.20. The summed E-state index contributed by atoms with van der Waals surface area (Å²) in [5.74, 6) is 5.47. The summed E-state index contributed by atoms with van der Waals surface area (Å²) in [5, 5.41) is 12.3. The van der Waals surface area contributed by atoms with Crippen molar-refractivity contribution < 1.29 is 35.8 Å². The molecule has 9 nitrogen and oxygen atoms in total. The van der Waals surface area contributed by atoms with E-state index in [1.807, 2.05) is 6.07 Å². The molecule has 2 aliphatic rings. The first-order chi connectivity index (χ1) is 19.5. The molecule has 2 heterocycles. The van der Waals surface area contributed by atoms with Gasteiger partial charge in [-0.15, -0.1) is 0 Å². The van der Waals surface area contributed by atoms with Crippen LogP contribution in [0.25, 0.3) is 10.9 Å². The summed E-state index contributed by atoms with van der Waals surface area (Å²) < 4.78 is 81.9. The van der Waals surface area contributed by atoms with E-state index in [1.165, 1.54) is 29.9 Å². The van der Waals surface area contributed by atoms with E-state index in [1.54, 1.807) is 18.2 Å². The second-order valence-electron chi connectivity index (χ2n) is 10.1. The molecule has 41 heavy (non-hydrogen) atoms. The molecule has 0 unspecified atom stereocenters. The lowest BCUT2D eigenvalue weighted by atomic mass is 9.90. The van der Waals surface area contributed by atoms with Crippen molar-refractivity contribution in [2.45, 2.75) is 55.1 Å². The molecular weight excluding hydrogens is 561 g/mol. The Bertz CT molecular complexity index is 1580. The van der Waals surface area contributed by atoms with Gasteiger partial charge in [-0.25, -0.2) is 13.6 Å². The molecule has 1 aliphatic heterocycles. The van der Waals surface area contributed by atoms with Crippen molar-refractivity contribution in [2.75, 3.05) is 37.5 Å². The summed E-state index contributed by atoms with van der Waals surface area (Å²) >= 11 is 0. The maximum absolute atomic E-state index is 13.6. The average Bonchev–Trinajstić information content (AvgIpc) is 3.52. The second-order valence-corrected chi connectivity index (χ2v) is 11.6. The third-order valence-electron chi connectivity index (χ3n) is 7.29. The number of anilines is 2. The fourth-order valence-electron chi connectivity index (χ4n) is 5.34. The Kier molecular flexibility index (Phi) is 8.11. The number of methoxy groups -OCH3 is 1. The van der Waals surface area contributed by atoms with E-state index in [0.717, 1.165) is 31.4 Å². The van der Waals surface area contributed by atoms with Crippen molar-refractivity contribution in [3.63, 3.8) is 0 Å². The molecule has 13 heteroatoms. The van der Waals surface area contributed by atoms with Gasteiger partial charge in [-0.2, -0.15) is 13.2 Å². The fraction of sp³-hybridized carbons (Fsp3) is 0.429. The van der Waals surface area contributed by atoms with Gasteiger partial charge in [0.25, 0.3) is 0 Å². The number of nitrogens with zero attached hydrogens (tertiary/aromatic N) is 1. The van der Waals surface area contributed by atoms with Crippen LogP contribution in [-0.4, -0.2) is 57.9 Å². The van der Waals surface area contributed by atoms with E-state index in [-0.39, 0.29) is 28.9 Å². The Balaban J connectivity index is 1.36. The zero-order chi connectivity index (χ0) is 29.3. The molecule has 1 saturated heterocycles. The number of primary sulfonamides is 1. The maximum atomic E-state index is 13.6. The Morgan fingerprint density at radius 1 is 1.12 bits per heavy atom. The Morgan fingerprint density at radius 2 is 1.85 bits per heavy atom. The number of aromatic nitrogens is 1. The highest BCUT2D eigenvalue weighted by molar-refractivity contribution is 7.89. The number of benzene rings is 2. The number of halogens is 3. The van der Waals surface area contributed by atoms with Gasteiger partial charge in [-0.3, -0.25) is 0 Å². The molecular formula is C28H31F3N4O5S. The molecule has 1 saturated carbocycles. The molecule has 0 atom stereocenters. The van der Waals surface area contributed by atoms with Gasteiger partial charge in [0.2, 0.25) is 10.0 Å².